The van der Waals surface area contributed by atoms with Crippen LogP contribution in [0.15, 0.2) is 36.4 Å². The van der Waals surface area contributed by atoms with Crippen molar-refractivity contribution in [1.29, 1.82) is 0 Å². The molecule has 94 valence electrons. The van der Waals surface area contributed by atoms with Crippen LogP contribution in [0.3, 0.4) is 0 Å². The van der Waals surface area contributed by atoms with Gasteiger partial charge in [-0.3, -0.25) is 0 Å². The molecule has 0 aliphatic carbocycles. The minimum Gasteiger partial charge on any atom is -0.504 e. The Morgan fingerprint density at radius 2 is 1.83 bits per heavy atom. The van der Waals surface area contributed by atoms with Crippen molar-refractivity contribution in [2.75, 3.05) is 0 Å². The Kier molecular flexibility index (Phi) is 3.34. The van der Waals surface area contributed by atoms with Gasteiger partial charge in [0.25, 0.3) is 0 Å². The van der Waals surface area contributed by atoms with Crippen molar-refractivity contribution >= 4 is 0 Å². The van der Waals surface area contributed by atoms with Crippen molar-refractivity contribution in [2.45, 2.75) is 6.54 Å². The van der Waals surface area contributed by atoms with Gasteiger partial charge in [-0.2, -0.15) is 0 Å². The van der Waals surface area contributed by atoms with Crippen LogP contribution in [0, 0.1) is 5.82 Å². The molecule has 0 saturated heterocycles. The maximum absolute atomic E-state index is 13.6. The Balaban J connectivity index is 2.25. The van der Waals surface area contributed by atoms with E-state index in [2.05, 4.69) is 0 Å². The molecule has 2 aromatic carbocycles. The van der Waals surface area contributed by atoms with Crippen molar-refractivity contribution in [1.82, 2.24) is 0 Å². The average molecular weight is 249 g/mol. The molecule has 0 radical (unpaired) electrons. The lowest BCUT2D eigenvalue weighted by molar-refractivity contribution is 0.395. The summed E-state index contributed by atoms with van der Waals surface area (Å²) in [6.07, 6.45) is 0. The van der Waals surface area contributed by atoms with Crippen LogP contribution in [0.25, 0.3) is 0 Å². The van der Waals surface area contributed by atoms with Gasteiger partial charge in [-0.05, 0) is 29.8 Å². The van der Waals surface area contributed by atoms with Crippen LogP contribution in [-0.2, 0) is 6.54 Å². The largest absolute Gasteiger partial charge is 0.504 e. The first kappa shape index (κ1) is 12.2. The SMILES string of the molecule is NCc1ccc(Oc2ccc(O)c(O)c2)c(F)c1. The number of phenols is 2. The van der Waals surface area contributed by atoms with E-state index in [-0.39, 0.29) is 29.5 Å². The van der Waals surface area contributed by atoms with E-state index in [1.807, 2.05) is 0 Å². The quantitative estimate of drug-likeness (QED) is 0.730. The lowest BCUT2D eigenvalue weighted by atomic mass is 10.2. The van der Waals surface area contributed by atoms with Gasteiger partial charge in [-0.1, -0.05) is 6.07 Å². The maximum Gasteiger partial charge on any atom is 0.166 e. The number of rotatable bonds is 3. The van der Waals surface area contributed by atoms with E-state index >= 15 is 0 Å². The van der Waals surface area contributed by atoms with Crippen LogP contribution in [0.5, 0.6) is 23.0 Å². The summed E-state index contributed by atoms with van der Waals surface area (Å²) < 4.78 is 18.9. The van der Waals surface area contributed by atoms with Crippen LogP contribution < -0.4 is 10.5 Å². The molecule has 18 heavy (non-hydrogen) atoms. The van der Waals surface area contributed by atoms with Gasteiger partial charge in [0.2, 0.25) is 0 Å². The zero-order valence-electron chi connectivity index (χ0n) is 9.43. The molecule has 2 aromatic rings. The molecule has 0 fully saturated rings. The fourth-order valence-electron chi connectivity index (χ4n) is 1.45. The highest BCUT2D eigenvalue weighted by atomic mass is 19.1. The molecular weight excluding hydrogens is 237 g/mol. The number of halogens is 1. The summed E-state index contributed by atoms with van der Waals surface area (Å²) in [6, 6.07) is 8.28. The molecule has 5 heteroatoms. The summed E-state index contributed by atoms with van der Waals surface area (Å²) in [7, 11) is 0. The number of nitrogens with two attached hydrogens (primary N) is 1. The first-order valence-corrected chi connectivity index (χ1v) is 5.28. The van der Waals surface area contributed by atoms with E-state index in [1.165, 1.54) is 30.3 Å². The molecule has 0 atom stereocenters. The van der Waals surface area contributed by atoms with E-state index in [1.54, 1.807) is 6.07 Å². The average Bonchev–Trinajstić information content (AvgIpc) is 2.36. The lowest BCUT2D eigenvalue weighted by Crippen LogP contribution is -1.97. The van der Waals surface area contributed by atoms with E-state index in [9.17, 15) is 9.50 Å². The standard InChI is InChI=1S/C13H12FNO3/c14-10-5-8(7-15)1-4-13(10)18-9-2-3-11(16)12(17)6-9/h1-6,16-17H,7,15H2. The van der Waals surface area contributed by atoms with Crippen LogP contribution >= 0.6 is 0 Å². The Morgan fingerprint density at radius 1 is 1.06 bits per heavy atom. The highest BCUT2D eigenvalue weighted by Gasteiger charge is 2.07. The maximum atomic E-state index is 13.6. The van der Waals surface area contributed by atoms with E-state index < -0.39 is 5.82 Å². The molecule has 0 aliphatic heterocycles. The second kappa shape index (κ2) is 4.93. The zero-order valence-corrected chi connectivity index (χ0v) is 9.43. The van der Waals surface area contributed by atoms with E-state index in [0.29, 0.717) is 5.56 Å². The molecule has 0 aliphatic rings. The van der Waals surface area contributed by atoms with Crippen molar-refractivity contribution < 1.29 is 19.3 Å². The molecule has 2 rings (SSSR count). The minimum absolute atomic E-state index is 0.0253. The van der Waals surface area contributed by atoms with Gasteiger partial charge in [0.15, 0.2) is 23.1 Å². The van der Waals surface area contributed by atoms with Crippen LogP contribution in [-0.4, -0.2) is 10.2 Å². The minimum atomic E-state index is -0.537. The van der Waals surface area contributed by atoms with E-state index in [4.69, 9.17) is 15.6 Å². The van der Waals surface area contributed by atoms with E-state index in [0.717, 1.165) is 0 Å². The molecule has 4 nitrogen and oxygen atoms in total. The second-order valence-electron chi connectivity index (χ2n) is 3.72. The van der Waals surface area contributed by atoms with Gasteiger partial charge in [0.05, 0.1) is 0 Å². The number of phenolic OH excluding ortho intramolecular Hbond substituents is 2. The van der Waals surface area contributed by atoms with Crippen LogP contribution in [0.4, 0.5) is 4.39 Å². The van der Waals surface area contributed by atoms with Crippen LogP contribution in [0.2, 0.25) is 0 Å². The van der Waals surface area contributed by atoms with Gasteiger partial charge < -0.3 is 20.7 Å². The van der Waals surface area contributed by atoms with Crippen molar-refractivity contribution in [2.24, 2.45) is 5.73 Å². The molecule has 0 heterocycles. The molecule has 0 unspecified atom stereocenters. The summed E-state index contributed by atoms with van der Waals surface area (Å²) >= 11 is 0. The molecular formula is C13H12FNO3. The predicted molar refractivity (Wildman–Crippen MR) is 64.1 cm³/mol. The van der Waals surface area contributed by atoms with Crippen LogP contribution in [0.1, 0.15) is 5.56 Å². The zero-order chi connectivity index (χ0) is 13.1. The van der Waals surface area contributed by atoms with Crippen molar-refractivity contribution in [3.8, 4) is 23.0 Å². The summed E-state index contributed by atoms with van der Waals surface area (Å²) in [6.45, 7) is 0.247. The number of benzene rings is 2. The lowest BCUT2D eigenvalue weighted by Gasteiger charge is -2.08. The monoisotopic (exact) mass is 249 g/mol. The fourth-order valence-corrected chi connectivity index (χ4v) is 1.45. The second-order valence-corrected chi connectivity index (χ2v) is 3.72. The summed E-state index contributed by atoms with van der Waals surface area (Å²) in [5.41, 5.74) is 6.05. The van der Waals surface area contributed by atoms with Gasteiger partial charge in [-0.15, -0.1) is 0 Å². The van der Waals surface area contributed by atoms with Crippen molar-refractivity contribution in [3.63, 3.8) is 0 Å². The molecule has 0 spiro atoms. The molecule has 0 aromatic heterocycles. The van der Waals surface area contributed by atoms with Gasteiger partial charge in [0.1, 0.15) is 5.75 Å². The number of ether oxygens (including phenoxy) is 1. The normalized spacial score (nSPS) is 10.3. The van der Waals surface area contributed by atoms with Gasteiger partial charge in [-0.25, -0.2) is 4.39 Å². The smallest absolute Gasteiger partial charge is 0.166 e. The molecule has 0 amide bonds. The summed E-state index contributed by atoms with van der Waals surface area (Å²) in [5.74, 6) is -0.875. The Hall–Kier alpha value is -2.27. The first-order valence-electron chi connectivity index (χ1n) is 5.28. The third-order valence-electron chi connectivity index (χ3n) is 2.41. The Bertz CT molecular complexity index is 572. The number of hydrogen-bond donors (Lipinski definition) is 3. The molecule has 0 saturated carbocycles. The third kappa shape index (κ3) is 2.52. The molecule has 4 N–H and O–H groups in total. The highest BCUT2D eigenvalue weighted by molar-refractivity contribution is 5.45. The Labute approximate surface area is 103 Å². The Morgan fingerprint density at radius 3 is 2.44 bits per heavy atom. The topological polar surface area (TPSA) is 75.7 Å². The number of aromatic hydroxyl groups is 2. The predicted octanol–water partition coefficient (Wildman–Crippen LogP) is 2.49. The van der Waals surface area contributed by atoms with Crippen molar-refractivity contribution in [3.05, 3.63) is 47.8 Å². The molecule has 0 bridgehead atoms. The first-order chi connectivity index (χ1) is 8.60. The highest BCUT2D eigenvalue weighted by Crippen LogP contribution is 2.32. The van der Waals surface area contributed by atoms with Gasteiger partial charge in [0, 0.05) is 12.6 Å². The third-order valence-corrected chi connectivity index (χ3v) is 2.41. The van der Waals surface area contributed by atoms with Gasteiger partial charge >= 0.3 is 0 Å². The fraction of sp³-hybridized carbons (Fsp3) is 0.0769. The summed E-state index contributed by atoms with van der Waals surface area (Å²) in [4.78, 5) is 0. The summed E-state index contributed by atoms with van der Waals surface area (Å²) in [5, 5.41) is 18.4. The number of hydrogen-bond acceptors (Lipinski definition) is 4.